The Morgan fingerprint density at radius 2 is 1.81 bits per heavy atom. The molecule has 4 heteroatoms. The van der Waals surface area contributed by atoms with E-state index in [-0.39, 0.29) is 11.9 Å². The van der Waals surface area contributed by atoms with E-state index >= 15 is 0 Å². The number of amides is 1. The van der Waals surface area contributed by atoms with E-state index in [0.717, 1.165) is 27.8 Å². The van der Waals surface area contributed by atoms with Crippen molar-refractivity contribution in [2.45, 2.75) is 38.3 Å². The summed E-state index contributed by atoms with van der Waals surface area (Å²) in [5, 5.41) is 0. The van der Waals surface area contributed by atoms with Crippen molar-refractivity contribution in [3.8, 4) is 0 Å². The second-order valence-corrected chi connectivity index (χ2v) is 8.44. The maximum absolute atomic E-state index is 13.7. The molecule has 3 aromatic carbocycles. The highest BCUT2D eigenvalue weighted by Gasteiger charge is 2.60. The van der Waals surface area contributed by atoms with Crippen LogP contribution in [0.3, 0.4) is 0 Å². The zero-order chi connectivity index (χ0) is 21.6. The second-order valence-electron chi connectivity index (χ2n) is 8.44. The van der Waals surface area contributed by atoms with Gasteiger partial charge in [0.1, 0.15) is 5.41 Å². The van der Waals surface area contributed by atoms with E-state index in [9.17, 15) is 9.59 Å². The first-order valence-corrected chi connectivity index (χ1v) is 10.8. The predicted molar refractivity (Wildman–Crippen MR) is 119 cm³/mol. The van der Waals surface area contributed by atoms with Crippen LogP contribution in [0.2, 0.25) is 0 Å². The molecule has 1 aliphatic carbocycles. The van der Waals surface area contributed by atoms with Crippen LogP contribution in [-0.2, 0) is 27.9 Å². The minimum Gasteiger partial charge on any atom is -0.465 e. The number of carbonyl (C=O) groups excluding carboxylic acids is 2. The Bertz CT molecular complexity index is 1170. The van der Waals surface area contributed by atoms with Gasteiger partial charge in [0, 0.05) is 12.1 Å². The van der Waals surface area contributed by atoms with Crippen molar-refractivity contribution in [2.24, 2.45) is 0 Å². The van der Waals surface area contributed by atoms with Crippen molar-refractivity contribution in [3.63, 3.8) is 0 Å². The molecule has 5 rings (SSSR count). The summed E-state index contributed by atoms with van der Waals surface area (Å²) >= 11 is 0. The summed E-state index contributed by atoms with van der Waals surface area (Å²) in [6.07, 6.45) is 0.531. The van der Waals surface area contributed by atoms with Gasteiger partial charge < -0.3 is 9.64 Å². The van der Waals surface area contributed by atoms with Gasteiger partial charge in [-0.25, -0.2) is 0 Å². The van der Waals surface area contributed by atoms with Crippen molar-refractivity contribution in [2.75, 3.05) is 6.61 Å². The Morgan fingerprint density at radius 1 is 1.06 bits per heavy atom. The molecule has 1 heterocycles. The average molecular weight is 412 g/mol. The van der Waals surface area contributed by atoms with E-state index in [1.807, 2.05) is 66.4 Å². The van der Waals surface area contributed by atoms with Crippen LogP contribution >= 0.6 is 0 Å². The third-order valence-corrected chi connectivity index (χ3v) is 6.58. The fourth-order valence-electron chi connectivity index (χ4n) is 5.32. The summed E-state index contributed by atoms with van der Waals surface area (Å²) in [4.78, 5) is 29.3. The van der Waals surface area contributed by atoms with E-state index in [1.54, 1.807) is 0 Å². The molecule has 156 valence electrons. The minimum absolute atomic E-state index is 0.0437. The number of hydrogen-bond acceptors (Lipinski definition) is 3. The largest absolute Gasteiger partial charge is 0.465 e. The van der Waals surface area contributed by atoms with Crippen LogP contribution in [0, 0.1) is 6.92 Å². The number of esters is 1. The van der Waals surface area contributed by atoms with E-state index < -0.39 is 11.5 Å². The lowest BCUT2D eigenvalue weighted by Crippen LogP contribution is -2.54. The summed E-state index contributed by atoms with van der Waals surface area (Å²) in [6.45, 7) is 4.63. The lowest BCUT2D eigenvalue weighted by Gasteiger charge is -2.45. The maximum atomic E-state index is 13.7. The first kappa shape index (κ1) is 19.6. The van der Waals surface area contributed by atoms with Gasteiger partial charge >= 0.3 is 5.97 Å². The summed E-state index contributed by atoms with van der Waals surface area (Å²) in [5.41, 5.74) is 4.76. The molecule has 4 nitrogen and oxygen atoms in total. The third kappa shape index (κ3) is 2.89. The van der Waals surface area contributed by atoms with Gasteiger partial charge in [-0.2, -0.15) is 0 Å². The van der Waals surface area contributed by atoms with Crippen LogP contribution in [0.1, 0.15) is 51.1 Å². The van der Waals surface area contributed by atoms with E-state index in [0.29, 0.717) is 25.1 Å². The van der Waals surface area contributed by atoms with Crippen molar-refractivity contribution in [3.05, 3.63) is 106 Å². The SMILES string of the molecule is CCOC(=O)[C@]12Cc3cc(C)ccc3C1N(Cc1ccccc1)C(=O)c1ccccc12. The number of benzene rings is 3. The molecule has 0 spiro atoms. The van der Waals surface area contributed by atoms with Crippen LogP contribution in [0.5, 0.6) is 0 Å². The Labute approximate surface area is 182 Å². The van der Waals surface area contributed by atoms with E-state index in [1.165, 1.54) is 0 Å². The van der Waals surface area contributed by atoms with Crippen molar-refractivity contribution >= 4 is 11.9 Å². The molecule has 0 bridgehead atoms. The van der Waals surface area contributed by atoms with Gasteiger partial charge in [0.05, 0.1) is 12.6 Å². The molecule has 0 fully saturated rings. The van der Waals surface area contributed by atoms with Gasteiger partial charge in [-0.05, 0) is 48.6 Å². The van der Waals surface area contributed by atoms with Crippen molar-refractivity contribution < 1.29 is 14.3 Å². The molecular formula is C27H25NO3. The van der Waals surface area contributed by atoms with Crippen LogP contribution in [0.25, 0.3) is 0 Å². The monoisotopic (exact) mass is 411 g/mol. The predicted octanol–water partition coefficient (Wildman–Crippen LogP) is 4.75. The smallest absolute Gasteiger partial charge is 0.319 e. The fourth-order valence-corrected chi connectivity index (χ4v) is 5.32. The highest BCUT2D eigenvalue weighted by Crippen LogP contribution is 2.55. The zero-order valence-electron chi connectivity index (χ0n) is 17.8. The van der Waals surface area contributed by atoms with Crippen LogP contribution in [0.15, 0.2) is 72.8 Å². The maximum Gasteiger partial charge on any atom is 0.319 e. The minimum atomic E-state index is -0.939. The standard InChI is InChI=1S/C27H25NO3/c1-3-31-26(30)27-16-20-15-18(2)13-14-21(20)24(27)28(17-19-9-5-4-6-10-19)25(29)22-11-7-8-12-23(22)27/h4-15,24H,3,16-17H2,1-2H3/t24?,27-/m0/s1. The molecule has 2 atom stereocenters. The number of hydrogen-bond donors (Lipinski definition) is 0. The first-order valence-electron chi connectivity index (χ1n) is 10.8. The molecule has 2 aliphatic rings. The number of rotatable bonds is 4. The van der Waals surface area contributed by atoms with Crippen LogP contribution in [0.4, 0.5) is 0 Å². The second kappa shape index (κ2) is 7.38. The van der Waals surface area contributed by atoms with Gasteiger partial charge in [0.25, 0.3) is 5.91 Å². The average Bonchev–Trinajstić information content (AvgIpc) is 3.13. The van der Waals surface area contributed by atoms with Gasteiger partial charge in [-0.3, -0.25) is 9.59 Å². The van der Waals surface area contributed by atoms with E-state index in [4.69, 9.17) is 4.74 Å². The lowest BCUT2D eigenvalue weighted by atomic mass is 9.69. The van der Waals surface area contributed by atoms with Crippen molar-refractivity contribution in [1.82, 2.24) is 4.90 Å². The van der Waals surface area contributed by atoms with Gasteiger partial charge in [-0.15, -0.1) is 0 Å². The highest BCUT2D eigenvalue weighted by atomic mass is 16.5. The Kier molecular flexibility index (Phi) is 4.66. The molecule has 31 heavy (non-hydrogen) atoms. The Balaban J connectivity index is 1.76. The number of ether oxygens (including phenoxy) is 1. The lowest BCUT2D eigenvalue weighted by molar-refractivity contribution is -0.153. The molecule has 1 unspecified atom stereocenters. The van der Waals surface area contributed by atoms with E-state index in [2.05, 4.69) is 25.1 Å². The zero-order valence-corrected chi connectivity index (χ0v) is 17.8. The molecule has 1 amide bonds. The molecule has 0 saturated carbocycles. The number of aryl methyl sites for hydroxylation is 1. The summed E-state index contributed by atoms with van der Waals surface area (Å²) in [7, 11) is 0. The topological polar surface area (TPSA) is 46.6 Å². The van der Waals surface area contributed by atoms with Crippen LogP contribution < -0.4 is 0 Å². The molecule has 3 aromatic rings. The molecule has 1 aliphatic heterocycles. The van der Waals surface area contributed by atoms with Crippen LogP contribution in [-0.4, -0.2) is 23.4 Å². The molecule has 0 saturated heterocycles. The summed E-state index contributed by atoms with van der Waals surface area (Å²) in [5.74, 6) is -0.301. The molecule has 0 N–H and O–H groups in total. The molecular weight excluding hydrogens is 386 g/mol. The highest BCUT2D eigenvalue weighted by molar-refractivity contribution is 6.03. The Hall–Kier alpha value is -3.40. The van der Waals surface area contributed by atoms with Gasteiger partial charge in [-0.1, -0.05) is 72.3 Å². The number of fused-ring (bicyclic) bond motifs is 5. The summed E-state index contributed by atoms with van der Waals surface area (Å²) in [6, 6.07) is 23.4. The summed E-state index contributed by atoms with van der Waals surface area (Å²) < 4.78 is 5.66. The number of carbonyl (C=O) groups is 2. The fraction of sp³-hybridized carbons (Fsp3) is 0.259. The third-order valence-electron chi connectivity index (χ3n) is 6.58. The normalized spacial score (nSPS) is 21.3. The first-order chi connectivity index (χ1) is 15.1. The Morgan fingerprint density at radius 3 is 2.58 bits per heavy atom. The van der Waals surface area contributed by atoms with Crippen molar-refractivity contribution in [1.29, 1.82) is 0 Å². The number of nitrogens with zero attached hydrogens (tertiary/aromatic N) is 1. The molecule has 0 aromatic heterocycles. The molecule has 0 radical (unpaired) electrons. The van der Waals surface area contributed by atoms with Gasteiger partial charge in [0.15, 0.2) is 0 Å². The quantitative estimate of drug-likeness (QED) is 0.582. The van der Waals surface area contributed by atoms with Gasteiger partial charge in [0.2, 0.25) is 0 Å².